The first-order chi connectivity index (χ1) is 20.2. The fourth-order valence-corrected chi connectivity index (χ4v) is 13.1. The minimum Gasteiger partial charge on any atom is -0.377 e. The number of hydrogen-bond donors (Lipinski definition) is 2. The van der Waals surface area contributed by atoms with Crippen molar-refractivity contribution in [3.05, 3.63) is 23.3 Å². The Labute approximate surface area is 256 Å². The summed E-state index contributed by atoms with van der Waals surface area (Å²) in [5.41, 5.74) is 1.81. The third-order valence-electron chi connectivity index (χ3n) is 15.5. The summed E-state index contributed by atoms with van der Waals surface area (Å²) < 4.78 is 0. The maximum atomic E-state index is 10.9. The van der Waals surface area contributed by atoms with Crippen molar-refractivity contribution in [1.82, 2.24) is 0 Å². The highest BCUT2D eigenvalue weighted by Crippen LogP contribution is 2.66. The number of hydrogen-bond acceptors (Lipinski definition) is 2. The zero-order chi connectivity index (χ0) is 29.3. The van der Waals surface area contributed by atoms with E-state index in [1.54, 1.807) is 11.1 Å². The van der Waals surface area contributed by atoms with E-state index in [0.29, 0.717) is 11.8 Å². The van der Waals surface area contributed by atoms with Gasteiger partial charge < -0.3 is 10.2 Å². The molecule has 0 radical (unpaired) electrons. The van der Waals surface area contributed by atoms with Crippen LogP contribution in [0.5, 0.6) is 0 Å². The number of rotatable bonds is 0. The molecule has 0 unspecified atom stereocenters. The van der Waals surface area contributed by atoms with Crippen molar-refractivity contribution in [2.45, 2.75) is 141 Å². The molecule has 2 nitrogen and oxygen atoms in total. The number of terminal acetylenes is 2. The summed E-state index contributed by atoms with van der Waals surface area (Å²) in [6, 6.07) is 0. The van der Waals surface area contributed by atoms with Gasteiger partial charge in [0.2, 0.25) is 0 Å². The van der Waals surface area contributed by atoms with Gasteiger partial charge >= 0.3 is 0 Å². The van der Waals surface area contributed by atoms with Crippen LogP contribution in [0.1, 0.15) is 129 Å². The van der Waals surface area contributed by atoms with Gasteiger partial charge in [0.25, 0.3) is 0 Å². The molecule has 0 aromatic heterocycles. The Kier molecular flexibility index (Phi) is 7.35. The van der Waals surface area contributed by atoms with Crippen molar-refractivity contribution in [3.8, 4) is 24.7 Å². The lowest BCUT2D eigenvalue weighted by atomic mass is 9.50. The smallest absolute Gasteiger partial charge is 0.130 e. The van der Waals surface area contributed by atoms with Crippen LogP contribution in [-0.2, 0) is 0 Å². The van der Waals surface area contributed by atoms with E-state index in [9.17, 15) is 10.2 Å². The molecular weight excluding hydrogens is 512 g/mol. The van der Waals surface area contributed by atoms with Crippen LogP contribution >= 0.6 is 0 Å². The molecule has 8 aliphatic rings. The van der Waals surface area contributed by atoms with Crippen molar-refractivity contribution in [2.75, 3.05) is 0 Å². The molecule has 8 aliphatic carbocycles. The Morgan fingerprint density at radius 1 is 0.595 bits per heavy atom. The molecule has 12 atom stereocenters. The van der Waals surface area contributed by atoms with Crippen LogP contribution in [-0.4, -0.2) is 21.4 Å². The molecule has 0 spiro atoms. The van der Waals surface area contributed by atoms with Crippen LogP contribution in [0.2, 0.25) is 0 Å². The molecule has 0 amide bonds. The molecule has 6 saturated carbocycles. The fourth-order valence-electron chi connectivity index (χ4n) is 13.1. The van der Waals surface area contributed by atoms with E-state index in [-0.39, 0.29) is 10.8 Å². The van der Waals surface area contributed by atoms with E-state index in [0.717, 1.165) is 74.0 Å². The second-order valence-electron chi connectivity index (χ2n) is 16.6. The highest BCUT2D eigenvalue weighted by Gasteiger charge is 2.63. The van der Waals surface area contributed by atoms with Gasteiger partial charge in [-0.25, -0.2) is 0 Å². The largest absolute Gasteiger partial charge is 0.377 e. The second kappa shape index (κ2) is 10.6. The summed E-state index contributed by atoms with van der Waals surface area (Å²) in [7, 11) is 0. The molecule has 2 N–H and O–H groups in total. The molecular formula is C40H56O2. The monoisotopic (exact) mass is 568 g/mol. The lowest BCUT2D eigenvalue weighted by Crippen LogP contribution is -2.52. The summed E-state index contributed by atoms with van der Waals surface area (Å²) in [6.45, 7) is 4.57. The average molecular weight is 569 g/mol. The normalized spacial score (nSPS) is 52.1. The first kappa shape index (κ1) is 29.2. The van der Waals surface area contributed by atoms with Gasteiger partial charge in [-0.3, -0.25) is 0 Å². The fraction of sp³-hybridized carbons (Fsp3) is 0.800. The van der Waals surface area contributed by atoms with Gasteiger partial charge in [0.1, 0.15) is 11.2 Å². The summed E-state index contributed by atoms with van der Waals surface area (Å²) in [4.78, 5) is 0. The molecule has 228 valence electrons. The van der Waals surface area contributed by atoms with Gasteiger partial charge in [-0.1, -0.05) is 49.0 Å². The lowest BCUT2D eigenvalue weighted by Gasteiger charge is -2.54. The molecule has 0 saturated heterocycles. The van der Waals surface area contributed by atoms with Crippen molar-refractivity contribution in [2.24, 2.45) is 58.2 Å². The third-order valence-corrected chi connectivity index (χ3v) is 15.5. The Morgan fingerprint density at radius 2 is 1.02 bits per heavy atom. The first-order valence-electron chi connectivity index (χ1n) is 18.0. The van der Waals surface area contributed by atoms with E-state index in [2.05, 4.69) is 37.8 Å². The van der Waals surface area contributed by atoms with Crippen LogP contribution in [0.15, 0.2) is 23.3 Å². The molecule has 0 aromatic carbocycles. The Balaban J connectivity index is 0.000000137. The topological polar surface area (TPSA) is 40.5 Å². The highest BCUT2D eigenvalue weighted by atomic mass is 16.3. The maximum Gasteiger partial charge on any atom is 0.130 e. The predicted molar refractivity (Wildman–Crippen MR) is 171 cm³/mol. The molecule has 6 fully saturated rings. The Bertz CT molecular complexity index is 1120. The molecule has 8 rings (SSSR count). The quantitative estimate of drug-likeness (QED) is 0.227. The SMILES string of the molecule is C#C[C@]1(O)CC[C@H]2[C@@H]3CCC4=CCCC[C@@H]4[C@H]3CC[C@@]21C.C#C[C@]1(O)CC[C@H]2[C@@H]3CCC4=CCCC[C@@H]4[C@H]3CC[C@@]21C. The third kappa shape index (κ3) is 4.13. The minimum atomic E-state index is -0.842. The van der Waals surface area contributed by atoms with Gasteiger partial charge in [-0.15, -0.1) is 12.8 Å². The predicted octanol–water partition coefficient (Wildman–Crippen LogP) is 8.63. The average Bonchev–Trinajstić information content (AvgIpc) is 3.46. The highest BCUT2D eigenvalue weighted by molar-refractivity contribution is 5.26. The standard InChI is InChI=1S/2C20H28O/c2*1-3-20(21)13-11-18-17-9-8-14-6-4-5-7-15(14)16(17)10-12-19(18,20)2/h2*1,6,15-18,21H,4-5,7-13H2,2H3/t2*15-,16+,17+,18-,19-,20-/m00/s1. The van der Waals surface area contributed by atoms with Crippen molar-refractivity contribution in [3.63, 3.8) is 0 Å². The van der Waals surface area contributed by atoms with Crippen LogP contribution in [0.3, 0.4) is 0 Å². The molecule has 0 heterocycles. The van der Waals surface area contributed by atoms with Crippen LogP contribution in [0, 0.1) is 82.9 Å². The number of aliphatic hydroxyl groups is 2. The van der Waals surface area contributed by atoms with E-state index in [4.69, 9.17) is 12.8 Å². The maximum absolute atomic E-state index is 10.9. The molecule has 0 aliphatic heterocycles. The molecule has 0 aromatic rings. The van der Waals surface area contributed by atoms with Crippen LogP contribution in [0.25, 0.3) is 0 Å². The van der Waals surface area contributed by atoms with Crippen LogP contribution in [0.4, 0.5) is 0 Å². The summed E-state index contributed by atoms with van der Waals surface area (Å²) >= 11 is 0. The number of fused-ring (bicyclic) bond motifs is 10. The molecule has 2 heteroatoms. The first-order valence-corrected chi connectivity index (χ1v) is 18.0. The molecule has 42 heavy (non-hydrogen) atoms. The van der Waals surface area contributed by atoms with Gasteiger partial charge in [0.15, 0.2) is 0 Å². The van der Waals surface area contributed by atoms with Gasteiger partial charge in [0, 0.05) is 10.8 Å². The van der Waals surface area contributed by atoms with Gasteiger partial charge in [-0.05, 0) is 163 Å². The summed E-state index contributed by atoms with van der Waals surface area (Å²) in [6.07, 6.45) is 38.8. The number of allylic oxidation sites excluding steroid dienone is 4. The van der Waals surface area contributed by atoms with E-state index in [1.165, 1.54) is 77.0 Å². The van der Waals surface area contributed by atoms with E-state index in [1.807, 2.05) is 0 Å². The molecule has 0 bridgehead atoms. The van der Waals surface area contributed by atoms with Crippen molar-refractivity contribution >= 4 is 0 Å². The van der Waals surface area contributed by atoms with Crippen molar-refractivity contribution < 1.29 is 10.2 Å². The zero-order valence-corrected chi connectivity index (χ0v) is 26.6. The Morgan fingerprint density at radius 3 is 1.43 bits per heavy atom. The zero-order valence-electron chi connectivity index (χ0n) is 26.6. The van der Waals surface area contributed by atoms with Gasteiger partial charge in [0.05, 0.1) is 0 Å². The lowest BCUT2D eigenvalue weighted by molar-refractivity contribution is -0.0857. The van der Waals surface area contributed by atoms with E-state index >= 15 is 0 Å². The van der Waals surface area contributed by atoms with Crippen LogP contribution < -0.4 is 0 Å². The minimum absolute atomic E-state index is 0.0290. The van der Waals surface area contributed by atoms with Gasteiger partial charge in [-0.2, -0.15) is 0 Å². The second-order valence-corrected chi connectivity index (χ2v) is 16.6. The summed E-state index contributed by atoms with van der Waals surface area (Å²) in [5.74, 6) is 12.0. The van der Waals surface area contributed by atoms with E-state index < -0.39 is 11.2 Å². The summed E-state index contributed by atoms with van der Waals surface area (Å²) in [5, 5.41) is 21.9. The van der Waals surface area contributed by atoms with Crippen molar-refractivity contribution in [1.29, 1.82) is 0 Å². The Hall–Kier alpha value is -1.48.